The Morgan fingerprint density at radius 3 is 2.24 bits per heavy atom. The first-order valence-corrected chi connectivity index (χ1v) is 13.0. The molecule has 0 unspecified atom stereocenters. The zero-order chi connectivity index (χ0) is 25.5. The highest BCUT2D eigenvalue weighted by atomic mass is 16.5. The normalized spacial score (nSPS) is 13.0. The number of rotatable bonds is 12. The Kier molecular flexibility index (Phi) is 7.96. The summed E-state index contributed by atoms with van der Waals surface area (Å²) in [6.45, 7) is 1.53. The molecule has 1 fully saturated rings. The highest BCUT2D eigenvalue weighted by Gasteiger charge is 2.34. The van der Waals surface area contributed by atoms with Crippen LogP contribution in [0.1, 0.15) is 29.5 Å². The smallest absolute Gasteiger partial charge is 0.249 e. The highest BCUT2D eigenvalue weighted by Crippen LogP contribution is 2.27. The van der Waals surface area contributed by atoms with Crippen molar-refractivity contribution >= 4 is 22.7 Å². The van der Waals surface area contributed by atoms with Gasteiger partial charge in [-0.15, -0.1) is 0 Å². The van der Waals surface area contributed by atoms with Gasteiger partial charge in [-0.05, 0) is 42.0 Å². The van der Waals surface area contributed by atoms with E-state index in [0.717, 1.165) is 35.9 Å². The first kappa shape index (κ1) is 24.8. The fourth-order valence-electron chi connectivity index (χ4n) is 4.66. The second-order valence-corrected chi connectivity index (χ2v) is 9.64. The number of para-hydroxylation sites is 1. The second kappa shape index (κ2) is 11.9. The highest BCUT2D eigenvalue weighted by molar-refractivity contribution is 5.86. The summed E-state index contributed by atoms with van der Waals surface area (Å²) < 4.78 is 5.70. The fourth-order valence-corrected chi connectivity index (χ4v) is 4.66. The molecular formula is C31H33N3O3. The van der Waals surface area contributed by atoms with Crippen molar-refractivity contribution in [1.82, 2.24) is 14.8 Å². The predicted molar refractivity (Wildman–Crippen MR) is 145 cm³/mol. The summed E-state index contributed by atoms with van der Waals surface area (Å²) in [4.78, 5) is 33.6. The van der Waals surface area contributed by atoms with E-state index in [2.05, 4.69) is 17.1 Å². The number of H-pyrrole nitrogens is 1. The van der Waals surface area contributed by atoms with Gasteiger partial charge < -0.3 is 19.5 Å². The number of hydrogen-bond acceptors (Lipinski definition) is 3. The maximum Gasteiger partial charge on any atom is 0.249 e. The molecule has 1 N–H and O–H groups in total. The lowest BCUT2D eigenvalue weighted by Gasteiger charge is -2.28. The molecule has 6 heteroatoms. The van der Waals surface area contributed by atoms with Gasteiger partial charge in [-0.25, -0.2) is 0 Å². The Morgan fingerprint density at radius 1 is 0.838 bits per heavy atom. The van der Waals surface area contributed by atoms with Gasteiger partial charge in [-0.1, -0.05) is 78.9 Å². The van der Waals surface area contributed by atoms with Crippen molar-refractivity contribution in [3.63, 3.8) is 0 Å². The van der Waals surface area contributed by atoms with Gasteiger partial charge in [0.1, 0.15) is 13.2 Å². The van der Waals surface area contributed by atoms with Crippen LogP contribution in [0.3, 0.4) is 0 Å². The SMILES string of the molecule is O=C(CN(C(=O)COCc1ccccc1)C1CC1)N(CCc1c[nH]c2ccccc12)Cc1ccccc1. The Morgan fingerprint density at radius 2 is 1.51 bits per heavy atom. The average Bonchev–Trinajstić information content (AvgIpc) is 3.70. The molecule has 0 aliphatic heterocycles. The second-order valence-electron chi connectivity index (χ2n) is 9.64. The lowest BCUT2D eigenvalue weighted by molar-refractivity contribution is -0.144. The molecule has 37 heavy (non-hydrogen) atoms. The van der Waals surface area contributed by atoms with Gasteiger partial charge in [-0.2, -0.15) is 0 Å². The number of amides is 2. The van der Waals surface area contributed by atoms with Crippen LogP contribution < -0.4 is 0 Å². The maximum atomic E-state index is 13.6. The molecule has 1 aliphatic rings. The van der Waals surface area contributed by atoms with Crippen molar-refractivity contribution in [1.29, 1.82) is 0 Å². The predicted octanol–water partition coefficient (Wildman–Crippen LogP) is 4.95. The van der Waals surface area contributed by atoms with E-state index in [1.807, 2.05) is 83.9 Å². The Labute approximate surface area is 217 Å². The minimum atomic E-state index is -0.122. The largest absolute Gasteiger partial charge is 0.367 e. The lowest BCUT2D eigenvalue weighted by Crippen LogP contribution is -2.45. The van der Waals surface area contributed by atoms with E-state index in [9.17, 15) is 9.59 Å². The van der Waals surface area contributed by atoms with Crippen molar-refractivity contribution in [2.75, 3.05) is 19.7 Å². The van der Waals surface area contributed by atoms with Gasteiger partial charge in [0.15, 0.2) is 0 Å². The van der Waals surface area contributed by atoms with Crippen LogP contribution in [0.25, 0.3) is 10.9 Å². The summed E-state index contributed by atoms with van der Waals surface area (Å²) in [6.07, 6.45) is 4.64. The van der Waals surface area contributed by atoms with Crippen LogP contribution in [0.5, 0.6) is 0 Å². The van der Waals surface area contributed by atoms with Crippen LogP contribution in [0.2, 0.25) is 0 Å². The van der Waals surface area contributed by atoms with E-state index < -0.39 is 0 Å². The number of fused-ring (bicyclic) bond motifs is 1. The van der Waals surface area contributed by atoms with Gasteiger partial charge in [0.05, 0.1) is 6.61 Å². The van der Waals surface area contributed by atoms with E-state index in [1.165, 1.54) is 10.9 Å². The Balaban J connectivity index is 1.24. The lowest BCUT2D eigenvalue weighted by atomic mass is 10.1. The number of hydrogen-bond donors (Lipinski definition) is 1. The van der Waals surface area contributed by atoms with Gasteiger partial charge in [0.2, 0.25) is 11.8 Å². The molecule has 0 atom stereocenters. The zero-order valence-corrected chi connectivity index (χ0v) is 21.0. The monoisotopic (exact) mass is 495 g/mol. The number of benzene rings is 3. The number of nitrogens with one attached hydrogen (secondary N) is 1. The maximum absolute atomic E-state index is 13.6. The first-order chi connectivity index (χ1) is 18.2. The van der Waals surface area contributed by atoms with Crippen molar-refractivity contribution in [3.05, 3.63) is 108 Å². The number of nitrogens with zero attached hydrogens (tertiary/aromatic N) is 2. The number of aromatic nitrogens is 1. The standard InChI is InChI=1S/C31H33N3O3/c35-30(21-34(27-15-16-27)31(36)23-37-22-25-11-5-2-6-12-25)33(20-24-9-3-1-4-10-24)18-17-26-19-32-29-14-8-7-13-28(26)29/h1-14,19,27,32H,15-18,20-23H2. The summed E-state index contributed by atoms with van der Waals surface area (Å²) in [7, 11) is 0. The molecule has 1 aromatic heterocycles. The van der Waals surface area contributed by atoms with Gasteiger partial charge in [-0.3, -0.25) is 9.59 Å². The first-order valence-electron chi connectivity index (χ1n) is 13.0. The van der Waals surface area contributed by atoms with Gasteiger partial charge in [0.25, 0.3) is 0 Å². The molecule has 3 aromatic carbocycles. The number of aromatic amines is 1. The fraction of sp³-hybridized carbons (Fsp3) is 0.290. The third-order valence-electron chi connectivity index (χ3n) is 6.85. The molecule has 190 valence electrons. The Bertz CT molecular complexity index is 1320. The summed E-state index contributed by atoms with van der Waals surface area (Å²) in [5.41, 5.74) is 4.38. The van der Waals surface area contributed by atoms with Crippen LogP contribution in [-0.2, 0) is 33.9 Å². The third-order valence-corrected chi connectivity index (χ3v) is 6.85. The van der Waals surface area contributed by atoms with Crippen molar-refractivity contribution in [3.8, 4) is 0 Å². The van der Waals surface area contributed by atoms with Crippen molar-refractivity contribution in [2.45, 2.75) is 38.5 Å². The number of ether oxygens (including phenoxy) is 1. The molecule has 2 amide bonds. The van der Waals surface area contributed by atoms with E-state index in [-0.39, 0.29) is 31.0 Å². The number of carbonyl (C=O) groups excluding carboxylic acids is 2. The van der Waals surface area contributed by atoms with E-state index in [4.69, 9.17) is 4.74 Å². The molecule has 5 rings (SSSR count). The molecule has 1 aliphatic carbocycles. The zero-order valence-electron chi connectivity index (χ0n) is 21.0. The molecule has 0 saturated heterocycles. The van der Waals surface area contributed by atoms with E-state index in [1.54, 1.807) is 4.90 Å². The molecular weight excluding hydrogens is 462 g/mol. The Hall–Kier alpha value is -3.90. The van der Waals surface area contributed by atoms with Crippen molar-refractivity contribution < 1.29 is 14.3 Å². The third kappa shape index (κ3) is 6.66. The molecule has 1 saturated carbocycles. The van der Waals surface area contributed by atoms with E-state index in [0.29, 0.717) is 19.7 Å². The van der Waals surface area contributed by atoms with Crippen molar-refractivity contribution in [2.24, 2.45) is 0 Å². The van der Waals surface area contributed by atoms with Gasteiger partial charge >= 0.3 is 0 Å². The summed E-state index contributed by atoms with van der Waals surface area (Å²) in [6, 6.07) is 28.2. The molecule has 6 nitrogen and oxygen atoms in total. The summed E-state index contributed by atoms with van der Waals surface area (Å²) in [5, 5.41) is 1.18. The van der Waals surface area contributed by atoms with Gasteiger partial charge in [0, 0.05) is 36.2 Å². The minimum Gasteiger partial charge on any atom is -0.367 e. The molecule has 4 aromatic rings. The summed E-state index contributed by atoms with van der Waals surface area (Å²) in [5.74, 6) is -0.157. The van der Waals surface area contributed by atoms with Crippen LogP contribution in [-0.4, -0.2) is 52.3 Å². The van der Waals surface area contributed by atoms with Crippen LogP contribution in [0.15, 0.2) is 91.1 Å². The van der Waals surface area contributed by atoms with Crippen LogP contribution in [0, 0.1) is 0 Å². The topological polar surface area (TPSA) is 65.6 Å². The molecule has 1 heterocycles. The summed E-state index contributed by atoms with van der Waals surface area (Å²) >= 11 is 0. The van der Waals surface area contributed by atoms with Crippen LogP contribution in [0.4, 0.5) is 0 Å². The van der Waals surface area contributed by atoms with Crippen LogP contribution >= 0.6 is 0 Å². The number of carbonyl (C=O) groups is 2. The minimum absolute atomic E-state index is 0.0211. The molecule has 0 spiro atoms. The average molecular weight is 496 g/mol. The molecule has 0 bridgehead atoms. The quantitative estimate of drug-likeness (QED) is 0.303. The molecule has 0 radical (unpaired) electrons. The van der Waals surface area contributed by atoms with E-state index >= 15 is 0 Å².